The quantitative estimate of drug-likeness (QED) is 0.695. The van der Waals surface area contributed by atoms with Crippen LogP contribution in [0.25, 0.3) is 0 Å². The summed E-state index contributed by atoms with van der Waals surface area (Å²) in [6, 6.07) is 16.6. The summed E-state index contributed by atoms with van der Waals surface area (Å²) in [4.78, 5) is 31.9. The first-order valence-electron chi connectivity index (χ1n) is 13.3. The second-order valence-electron chi connectivity index (χ2n) is 10.0. The highest BCUT2D eigenvalue weighted by atomic mass is 16.5. The molecule has 2 amide bonds. The Kier molecular flexibility index (Phi) is 9.76. The first-order valence-corrected chi connectivity index (χ1v) is 13.3. The van der Waals surface area contributed by atoms with E-state index in [0.717, 1.165) is 62.3 Å². The van der Waals surface area contributed by atoms with Crippen molar-refractivity contribution in [3.63, 3.8) is 0 Å². The van der Waals surface area contributed by atoms with Crippen LogP contribution >= 0.6 is 0 Å². The van der Waals surface area contributed by atoms with Crippen LogP contribution in [0.4, 0.5) is 0 Å². The highest BCUT2D eigenvalue weighted by Gasteiger charge is 2.20. The first kappa shape index (κ1) is 26.2. The number of piperazine rings is 1. The highest BCUT2D eigenvalue weighted by molar-refractivity contribution is 5.78. The van der Waals surface area contributed by atoms with E-state index in [1.807, 2.05) is 29.2 Å². The maximum absolute atomic E-state index is 12.8. The van der Waals surface area contributed by atoms with E-state index in [4.69, 9.17) is 4.74 Å². The van der Waals surface area contributed by atoms with Gasteiger partial charge in [-0.3, -0.25) is 14.5 Å². The van der Waals surface area contributed by atoms with Crippen LogP contribution in [-0.4, -0.2) is 79.4 Å². The molecule has 0 atom stereocenters. The molecule has 0 radical (unpaired) electrons. The number of likely N-dealkylation sites (N-methyl/N-ethyl adjacent to an activating group) is 1. The third kappa shape index (κ3) is 8.07. The molecule has 194 valence electrons. The van der Waals surface area contributed by atoms with Crippen LogP contribution in [0.15, 0.2) is 48.5 Å². The molecule has 2 aliphatic rings. The van der Waals surface area contributed by atoms with E-state index in [-0.39, 0.29) is 11.8 Å². The van der Waals surface area contributed by atoms with Gasteiger partial charge in [-0.05, 0) is 49.9 Å². The number of hydrogen-bond acceptors (Lipinski definition) is 5. The summed E-state index contributed by atoms with van der Waals surface area (Å²) in [7, 11) is 2.10. The van der Waals surface area contributed by atoms with Crippen molar-refractivity contribution in [3.8, 4) is 5.75 Å². The van der Waals surface area contributed by atoms with Crippen molar-refractivity contribution in [2.75, 3.05) is 52.9 Å². The molecule has 0 spiro atoms. The monoisotopic (exact) mass is 492 g/mol. The van der Waals surface area contributed by atoms with Crippen molar-refractivity contribution in [1.82, 2.24) is 20.0 Å². The predicted octanol–water partition coefficient (Wildman–Crippen LogP) is 3.07. The molecule has 7 nitrogen and oxygen atoms in total. The Morgan fingerprint density at radius 3 is 2.56 bits per heavy atom. The van der Waals surface area contributed by atoms with Crippen LogP contribution in [-0.2, 0) is 29.1 Å². The molecule has 1 saturated heterocycles. The Hall–Kier alpha value is -2.90. The van der Waals surface area contributed by atoms with Crippen molar-refractivity contribution >= 4 is 11.8 Å². The van der Waals surface area contributed by atoms with Gasteiger partial charge in [0.1, 0.15) is 5.75 Å². The summed E-state index contributed by atoms with van der Waals surface area (Å²) < 4.78 is 6.20. The minimum absolute atomic E-state index is 0.0570. The number of amides is 2. The van der Waals surface area contributed by atoms with E-state index in [2.05, 4.69) is 46.4 Å². The van der Waals surface area contributed by atoms with E-state index in [1.165, 1.54) is 5.56 Å². The Bertz CT molecular complexity index is 989. The number of nitrogens with zero attached hydrogens (tertiary/aromatic N) is 3. The van der Waals surface area contributed by atoms with Gasteiger partial charge in [-0.15, -0.1) is 0 Å². The van der Waals surface area contributed by atoms with Gasteiger partial charge in [0, 0.05) is 57.8 Å². The average Bonchev–Trinajstić information content (AvgIpc) is 2.89. The number of carbonyl (C=O) groups is 2. The summed E-state index contributed by atoms with van der Waals surface area (Å²) in [5.41, 5.74) is 3.38. The van der Waals surface area contributed by atoms with Gasteiger partial charge in [-0.1, -0.05) is 42.5 Å². The topological polar surface area (TPSA) is 65.1 Å². The van der Waals surface area contributed by atoms with Gasteiger partial charge >= 0.3 is 0 Å². The van der Waals surface area contributed by atoms with E-state index in [9.17, 15) is 9.59 Å². The maximum Gasteiger partial charge on any atom is 0.234 e. The normalized spacial score (nSPS) is 18.7. The molecule has 0 bridgehead atoms. The number of rotatable bonds is 5. The summed E-state index contributed by atoms with van der Waals surface area (Å²) >= 11 is 0. The second-order valence-corrected chi connectivity index (χ2v) is 10.0. The lowest BCUT2D eigenvalue weighted by atomic mass is 10.0. The minimum atomic E-state index is 0.0570. The maximum atomic E-state index is 12.8. The third-order valence-electron chi connectivity index (χ3n) is 7.02. The molecule has 0 aromatic heterocycles. The van der Waals surface area contributed by atoms with Crippen LogP contribution in [0.3, 0.4) is 0 Å². The Morgan fingerprint density at radius 1 is 0.944 bits per heavy atom. The molecule has 36 heavy (non-hydrogen) atoms. The van der Waals surface area contributed by atoms with Crippen LogP contribution in [0, 0.1) is 0 Å². The molecule has 0 saturated carbocycles. The van der Waals surface area contributed by atoms with Gasteiger partial charge in [0.05, 0.1) is 13.2 Å². The molecule has 2 aromatic rings. The molecule has 7 heteroatoms. The van der Waals surface area contributed by atoms with Gasteiger partial charge in [0.15, 0.2) is 0 Å². The smallest absolute Gasteiger partial charge is 0.234 e. The van der Waals surface area contributed by atoms with Crippen molar-refractivity contribution in [2.24, 2.45) is 0 Å². The molecular weight excluding hydrogens is 452 g/mol. The average molecular weight is 493 g/mol. The van der Waals surface area contributed by atoms with Gasteiger partial charge in [-0.2, -0.15) is 0 Å². The molecule has 2 heterocycles. The Balaban J connectivity index is 1.48. The van der Waals surface area contributed by atoms with Gasteiger partial charge in [0.2, 0.25) is 11.8 Å². The summed E-state index contributed by atoms with van der Waals surface area (Å²) in [5, 5.41) is 3.07. The molecule has 4 rings (SSSR count). The van der Waals surface area contributed by atoms with Crippen molar-refractivity contribution < 1.29 is 14.3 Å². The zero-order valence-corrected chi connectivity index (χ0v) is 21.6. The number of ether oxygens (including phenoxy) is 1. The van der Waals surface area contributed by atoms with E-state index in [0.29, 0.717) is 45.6 Å². The van der Waals surface area contributed by atoms with Crippen molar-refractivity contribution in [3.05, 3.63) is 65.2 Å². The molecule has 2 aromatic carbocycles. The molecule has 0 aliphatic carbocycles. The third-order valence-corrected chi connectivity index (χ3v) is 7.02. The fourth-order valence-electron chi connectivity index (χ4n) is 4.84. The Morgan fingerprint density at radius 2 is 1.75 bits per heavy atom. The fraction of sp³-hybridized carbons (Fsp3) is 0.517. The second kappa shape index (κ2) is 13.4. The van der Waals surface area contributed by atoms with Gasteiger partial charge in [0.25, 0.3) is 0 Å². The van der Waals surface area contributed by atoms with Gasteiger partial charge in [-0.25, -0.2) is 0 Å². The number of carbonyl (C=O) groups excluding carboxylic acids is 2. The molecular formula is C29H40N4O3. The standard InChI is InChI=1S/C29H40N4O3/c1-31-15-17-33(18-16-31)29(35)13-11-24-10-12-27-26(20-24)22-32(21-25-8-4-2-5-9-25)23-28(34)30-14-6-3-7-19-36-27/h2,4-5,8-10,12,20H,3,6-7,11,13-19,21-23H2,1H3,(H,30,34). The molecule has 0 unspecified atom stereocenters. The summed E-state index contributed by atoms with van der Waals surface area (Å²) in [5.74, 6) is 1.16. The molecule has 2 aliphatic heterocycles. The lowest BCUT2D eigenvalue weighted by molar-refractivity contribution is -0.132. The predicted molar refractivity (Wildman–Crippen MR) is 142 cm³/mol. The molecule has 1 fully saturated rings. The van der Waals surface area contributed by atoms with Crippen molar-refractivity contribution in [1.29, 1.82) is 0 Å². The SMILES string of the molecule is CN1CCN(C(=O)CCc2ccc3c(c2)CN(Cc2ccccc2)CC(=O)NCCCCCO3)CC1. The summed E-state index contributed by atoms with van der Waals surface area (Å²) in [6.45, 7) is 6.49. The van der Waals surface area contributed by atoms with E-state index < -0.39 is 0 Å². The lowest BCUT2D eigenvalue weighted by Gasteiger charge is -2.32. The molecule has 1 N–H and O–H groups in total. The number of nitrogens with one attached hydrogen (secondary N) is 1. The highest BCUT2D eigenvalue weighted by Crippen LogP contribution is 2.24. The van der Waals surface area contributed by atoms with Gasteiger partial charge < -0.3 is 19.9 Å². The summed E-state index contributed by atoms with van der Waals surface area (Å²) in [6.07, 6.45) is 4.16. The van der Waals surface area contributed by atoms with Crippen LogP contribution in [0.1, 0.15) is 42.4 Å². The number of benzene rings is 2. The largest absolute Gasteiger partial charge is 0.493 e. The van der Waals surface area contributed by atoms with E-state index in [1.54, 1.807) is 0 Å². The van der Waals surface area contributed by atoms with Crippen LogP contribution in [0.5, 0.6) is 5.75 Å². The minimum Gasteiger partial charge on any atom is -0.493 e. The fourth-order valence-corrected chi connectivity index (χ4v) is 4.84. The Labute approximate surface area is 215 Å². The van der Waals surface area contributed by atoms with Crippen molar-refractivity contribution in [2.45, 2.75) is 45.2 Å². The van der Waals surface area contributed by atoms with E-state index >= 15 is 0 Å². The number of aryl methyl sites for hydroxylation is 1. The lowest BCUT2D eigenvalue weighted by Crippen LogP contribution is -2.47. The van der Waals surface area contributed by atoms with Crippen LogP contribution in [0.2, 0.25) is 0 Å². The first-order chi connectivity index (χ1) is 17.6. The zero-order valence-electron chi connectivity index (χ0n) is 21.6. The number of hydrogen-bond donors (Lipinski definition) is 1. The zero-order chi connectivity index (χ0) is 25.2. The van der Waals surface area contributed by atoms with Crippen LogP contribution < -0.4 is 10.1 Å². The number of fused-ring (bicyclic) bond motifs is 1.